The van der Waals surface area contributed by atoms with Gasteiger partial charge in [0.05, 0.1) is 6.04 Å². The molecule has 5 heteroatoms. The van der Waals surface area contributed by atoms with E-state index in [9.17, 15) is 14.4 Å². The lowest BCUT2D eigenvalue weighted by atomic mass is 10.1. The van der Waals surface area contributed by atoms with E-state index < -0.39 is 12.1 Å². The van der Waals surface area contributed by atoms with E-state index >= 15 is 0 Å². The van der Waals surface area contributed by atoms with Gasteiger partial charge in [0.1, 0.15) is 11.5 Å². The van der Waals surface area contributed by atoms with Crippen molar-refractivity contribution in [1.29, 1.82) is 0 Å². The Morgan fingerprint density at radius 3 is 2.21 bits per heavy atom. The predicted octanol–water partition coefficient (Wildman–Crippen LogP) is 2.02. The van der Waals surface area contributed by atoms with E-state index in [-0.39, 0.29) is 18.0 Å². The van der Waals surface area contributed by atoms with Gasteiger partial charge in [-0.1, -0.05) is 17.7 Å². The minimum absolute atomic E-state index is 0.0294. The van der Waals surface area contributed by atoms with Gasteiger partial charge in [-0.25, -0.2) is 4.79 Å². The molecule has 1 N–H and O–H groups in total. The van der Waals surface area contributed by atoms with E-state index in [4.69, 9.17) is 4.74 Å². The molecule has 1 rings (SSSR count). The number of ketones is 2. The van der Waals surface area contributed by atoms with Crippen LogP contribution in [0.3, 0.4) is 0 Å². The Labute approximate surface area is 111 Å². The topological polar surface area (TPSA) is 72.5 Å². The first-order valence-corrected chi connectivity index (χ1v) is 5.93. The second-order valence-electron chi connectivity index (χ2n) is 4.42. The second kappa shape index (κ2) is 6.68. The van der Waals surface area contributed by atoms with Crippen molar-refractivity contribution in [3.05, 3.63) is 29.8 Å². The number of Topliss-reactive ketones (excluding diaryl/α,β-unsaturated/α-hetero) is 2. The molecule has 0 radical (unpaired) electrons. The highest BCUT2D eigenvalue weighted by Gasteiger charge is 2.19. The Hall–Kier alpha value is -2.17. The highest BCUT2D eigenvalue weighted by atomic mass is 16.6. The van der Waals surface area contributed by atoms with Gasteiger partial charge >= 0.3 is 6.09 Å². The second-order valence-corrected chi connectivity index (χ2v) is 4.42. The quantitative estimate of drug-likeness (QED) is 0.882. The number of carbonyl (C=O) groups excluding carboxylic acids is 3. The van der Waals surface area contributed by atoms with Crippen LogP contribution in [0.25, 0.3) is 0 Å². The maximum atomic E-state index is 11.6. The van der Waals surface area contributed by atoms with Crippen LogP contribution in [0.1, 0.15) is 25.8 Å². The van der Waals surface area contributed by atoms with E-state index in [0.717, 1.165) is 5.56 Å². The van der Waals surface area contributed by atoms with Crippen molar-refractivity contribution in [1.82, 2.24) is 5.32 Å². The molecule has 1 unspecified atom stereocenters. The Kier molecular flexibility index (Phi) is 5.23. The maximum Gasteiger partial charge on any atom is 0.413 e. The summed E-state index contributed by atoms with van der Waals surface area (Å²) in [6.07, 6.45) is -0.775. The van der Waals surface area contributed by atoms with Crippen molar-refractivity contribution < 1.29 is 19.1 Å². The van der Waals surface area contributed by atoms with E-state index in [2.05, 4.69) is 5.32 Å². The molecule has 0 heterocycles. The minimum Gasteiger partial charge on any atom is -0.410 e. The summed E-state index contributed by atoms with van der Waals surface area (Å²) in [5.74, 6) is -0.0693. The lowest BCUT2D eigenvalue weighted by Gasteiger charge is -2.14. The summed E-state index contributed by atoms with van der Waals surface area (Å²) in [5, 5.41) is 2.38. The van der Waals surface area contributed by atoms with E-state index in [0.29, 0.717) is 5.75 Å². The van der Waals surface area contributed by atoms with Crippen LogP contribution >= 0.6 is 0 Å². The van der Waals surface area contributed by atoms with Gasteiger partial charge in [-0.05, 0) is 32.9 Å². The molecule has 0 saturated carbocycles. The fourth-order valence-corrected chi connectivity index (χ4v) is 1.47. The first-order valence-electron chi connectivity index (χ1n) is 5.93. The molecule has 0 aliphatic rings. The van der Waals surface area contributed by atoms with Crippen LogP contribution < -0.4 is 10.1 Å². The zero-order valence-electron chi connectivity index (χ0n) is 11.2. The third-order valence-electron chi connectivity index (χ3n) is 2.51. The molecule has 0 aliphatic heterocycles. The number of amides is 1. The van der Waals surface area contributed by atoms with Gasteiger partial charge in [0, 0.05) is 6.42 Å². The molecule has 1 aromatic rings. The summed E-state index contributed by atoms with van der Waals surface area (Å²) < 4.78 is 5.02. The van der Waals surface area contributed by atoms with Crippen LogP contribution in [-0.2, 0) is 9.59 Å². The molecular weight excluding hydrogens is 246 g/mol. The van der Waals surface area contributed by atoms with Crippen LogP contribution in [0.5, 0.6) is 5.75 Å². The Balaban J connectivity index is 2.59. The van der Waals surface area contributed by atoms with Gasteiger partial charge in [-0.3, -0.25) is 9.59 Å². The summed E-state index contributed by atoms with van der Waals surface area (Å²) in [6, 6.07) is 6.09. The van der Waals surface area contributed by atoms with Gasteiger partial charge in [-0.15, -0.1) is 0 Å². The first kappa shape index (κ1) is 14.9. The van der Waals surface area contributed by atoms with Crippen LogP contribution in [0.2, 0.25) is 0 Å². The molecule has 102 valence electrons. The van der Waals surface area contributed by atoms with Gasteiger partial charge in [-0.2, -0.15) is 0 Å². The number of hydrogen-bond acceptors (Lipinski definition) is 4. The van der Waals surface area contributed by atoms with E-state index in [1.54, 1.807) is 24.3 Å². The van der Waals surface area contributed by atoms with Crippen LogP contribution in [-0.4, -0.2) is 23.7 Å². The van der Waals surface area contributed by atoms with Gasteiger partial charge in [0.2, 0.25) is 0 Å². The lowest BCUT2D eigenvalue weighted by molar-refractivity contribution is -0.123. The van der Waals surface area contributed by atoms with Crippen LogP contribution in [0, 0.1) is 6.92 Å². The average Bonchev–Trinajstić information content (AvgIpc) is 2.30. The molecular formula is C14H17NO4. The zero-order valence-corrected chi connectivity index (χ0v) is 11.2. The molecule has 0 aromatic heterocycles. The average molecular weight is 263 g/mol. The van der Waals surface area contributed by atoms with Gasteiger partial charge in [0.15, 0.2) is 5.78 Å². The molecule has 19 heavy (non-hydrogen) atoms. The third-order valence-corrected chi connectivity index (χ3v) is 2.51. The molecule has 1 aromatic carbocycles. The molecule has 0 aliphatic carbocycles. The standard InChI is InChI=1S/C14H17NO4/c1-9-4-6-12(7-5-9)19-14(18)15-13(11(3)17)8-10(2)16/h4-7,13H,8H2,1-3H3,(H,15,18). The Morgan fingerprint density at radius 1 is 1.16 bits per heavy atom. The van der Waals surface area contributed by atoms with Crippen molar-refractivity contribution in [2.75, 3.05) is 0 Å². The first-order chi connectivity index (χ1) is 8.88. The van der Waals surface area contributed by atoms with E-state index in [1.807, 2.05) is 6.92 Å². The molecule has 1 atom stereocenters. The molecule has 5 nitrogen and oxygen atoms in total. The number of rotatable bonds is 5. The van der Waals surface area contributed by atoms with Crippen LogP contribution in [0.4, 0.5) is 4.79 Å². The van der Waals surface area contributed by atoms with Crippen molar-refractivity contribution in [2.24, 2.45) is 0 Å². The summed E-state index contributed by atoms with van der Waals surface area (Å²) in [4.78, 5) is 33.9. The molecule has 0 spiro atoms. The van der Waals surface area contributed by atoms with Crippen LogP contribution in [0.15, 0.2) is 24.3 Å². The fourth-order valence-electron chi connectivity index (χ4n) is 1.47. The maximum absolute atomic E-state index is 11.6. The number of benzene rings is 1. The SMILES string of the molecule is CC(=O)CC(NC(=O)Oc1ccc(C)cc1)C(C)=O. The molecule has 1 amide bonds. The summed E-state index contributed by atoms with van der Waals surface area (Å²) in [7, 11) is 0. The van der Waals surface area contributed by atoms with Crippen molar-refractivity contribution in [3.63, 3.8) is 0 Å². The number of carbonyl (C=O) groups is 3. The normalized spacial score (nSPS) is 11.5. The summed E-state index contributed by atoms with van der Waals surface area (Å²) >= 11 is 0. The highest BCUT2D eigenvalue weighted by molar-refractivity contribution is 5.90. The number of nitrogens with one attached hydrogen (secondary N) is 1. The number of ether oxygens (including phenoxy) is 1. The minimum atomic E-state index is -0.838. The van der Waals surface area contributed by atoms with Gasteiger partial charge in [0.25, 0.3) is 0 Å². The third kappa shape index (κ3) is 5.33. The Bertz CT molecular complexity index is 479. The highest BCUT2D eigenvalue weighted by Crippen LogP contribution is 2.11. The largest absolute Gasteiger partial charge is 0.413 e. The lowest BCUT2D eigenvalue weighted by Crippen LogP contribution is -2.42. The zero-order chi connectivity index (χ0) is 14.4. The predicted molar refractivity (Wildman–Crippen MR) is 70.1 cm³/mol. The smallest absolute Gasteiger partial charge is 0.410 e. The summed E-state index contributed by atoms with van der Waals surface area (Å²) in [6.45, 7) is 4.60. The summed E-state index contributed by atoms with van der Waals surface area (Å²) in [5.41, 5.74) is 1.05. The molecule has 0 bridgehead atoms. The monoisotopic (exact) mass is 263 g/mol. The number of aryl methyl sites for hydroxylation is 1. The number of hydrogen-bond donors (Lipinski definition) is 1. The van der Waals surface area contributed by atoms with Gasteiger partial charge < -0.3 is 10.1 Å². The van der Waals surface area contributed by atoms with Crippen molar-refractivity contribution in [3.8, 4) is 5.75 Å². The Morgan fingerprint density at radius 2 is 1.74 bits per heavy atom. The fraction of sp³-hybridized carbons (Fsp3) is 0.357. The molecule has 0 fully saturated rings. The van der Waals surface area contributed by atoms with Crippen molar-refractivity contribution in [2.45, 2.75) is 33.2 Å². The van der Waals surface area contributed by atoms with Crippen molar-refractivity contribution >= 4 is 17.7 Å². The molecule has 0 saturated heterocycles. The van der Waals surface area contributed by atoms with E-state index in [1.165, 1.54) is 13.8 Å².